The summed E-state index contributed by atoms with van der Waals surface area (Å²) in [5.74, 6) is -0.246. The average molecular weight is 472 g/mol. The van der Waals surface area contributed by atoms with E-state index in [2.05, 4.69) is 22.1 Å². The molecule has 3 heterocycles. The maximum Gasteiger partial charge on any atom is 0.278 e. The molecule has 8 heteroatoms. The molecule has 2 aliphatic rings. The molecule has 2 amide bonds. The zero-order chi connectivity index (χ0) is 24.4. The van der Waals surface area contributed by atoms with Crippen LogP contribution in [-0.2, 0) is 17.8 Å². The second-order valence-corrected chi connectivity index (χ2v) is 9.09. The summed E-state index contributed by atoms with van der Waals surface area (Å²) in [5, 5.41) is 4.33. The molecule has 2 aromatic carbocycles. The van der Waals surface area contributed by atoms with E-state index >= 15 is 0 Å². The van der Waals surface area contributed by atoms with Gasteiger partial charge in [-0.2, -0.15) is 5.10 Å². The molecule has 0 N–H and O–H groups in total. The lowest BCUT2D eigenvalue weighted by atomic mass is 10.1. The van der Waals surface area contributed by atoms with E-state index in [0.29, 0.717) is 13.1 Å². The van der Waals surface area contributed by atoms with Crippen molar-refractivity contribution in [3.63, 3.8) is 0 Å². The summed E-state index contributed by atoms with van der Waals surface area (Å²) >= 11 is 0. The van der Waals surface area contributed by atoms with Crippen molar-refractivity contribution in [3.8, 4) is 0 Å². The molecule has 0 spiro atoms. The summed E-state index contributed by atoms with van der Waals surface area (Å²) in [5.41, 5.74) is 3.05. The van der Waals surface area contributed by atoms with Gasteiger partial charge in [-0.1, -0.05) is 36.4 Å². The Kier molecular flexibility index (Phi) is 6.35. The minimum atomic E-state index is -0.321. The van der Waals surface area contributed by atoms with E-state index in [4.69, 9.17) is 0 Å². The smallest absolute Gasteiger partial charge is 0.278 e. The van der Waals surface area contributed by atoms with Crippen molar-refractivity contribution in [1.82, 2.24) is 14.7 Å². The summed E-state index contributed by atoms with van der Waals surface area (Å²) in [7, 11) is 0. The minimum absolute atomic E-state index is 0.00904. The number of aryl methyl sites for hydroxylation is 1. The van der Waals surface area contributed by atoms with E-state index in [0.717, 1.165) is 36.4 Å². The van der Waals surface area contributed by atoms with Crippen molar-refractivity contribution in [3.05, 3.63) is 88.3 Å². The zero-order valence-electron chi connectivity index (χ0n) is 19.8. The van der Waals surface area contributed by atoms with Crippen LogP contribution in [0.2, 0.25) is 0 Å². The summed E-state index contributed by atoms with van der Waals surface area (Å²) in [6.45, 7) is 4.97. The van der Waals surface area contributed by atoms with Gasteiger partial charge in [-0.3, -0.25) is 14.4 Å². The van der Waals surface area contributed by atoms with E-state index in [1.54, 1.807) is 4.90 Å². The number of benzene rings is 2. The molecule has 3 aromatic rings. The Labute approximate surface area is 204 Å². The Hall–Kier alpha value is -3.94. The van der Waals surface area contributed by atoms with Gasteiger partial charge in [-0.05, 0) is 43.2 Å². The molecule has 1 fully saturated rings. The average Bonchev–Trinajstić information content (AvgIpc) is 3.23. The lowest BCUT2D eigenvalue weighted by molar-refractivity contribution is -0.131. The summed E-state index contributed by atoms with van der Waals surface area (Å²) in [6.07, 6.45) is 0.951. The first-order valence-electron chi connectivity index (χ1n) is 12.1. The number of aromatic nitrogens is 2. The van der Waals surface area contributed by atoms with Gasteiger partial charge in [0.2, 0.25) is 5.91 Å². The van der Waals surface area contributed by atoms with E-state index in [9.17, 15) is 14.4 Å². The van der Waals surface area contributed by atoms with Crippen LogP contribution in [0.1, 0.15) is 29.4 Å². The van der Waals surface area contributed by atoms with Crippen molar-refractivity contribution < 1.29 is 9.59 Å². The highest BCUT2D eigenvalue weighted by atomic mass is 16.2. The second kappa shape index (κ2) is 9.74. The van der Waals surface area contributed by atoms with Gasteiger partial charge in [0, 0.05) is 56.1 Å². The van der Waals surface area contributed by atoms with Gasteiger partial charge in [0.05, 0.1) is 6.54 Å². The maximum absolute atomic E-state index is 13.3. The minimum Gasteiger partial charge on any atom is -0.368 e. The van der Waals surface area contributed by atoms with Crippen LogP contribution in [0.15, 0.2) is 71.5 Å². The summed E-state index contributed by atoms with van der Waals surface area (Å²) in [6, 6.07) is 20.9. The highest BCUT2D eigenvalue weighted by Gasteiger charge is 2.32. The SMILES string of the molecule is CC1Cc2ccccc2N1C(=O)c1ccc(=O)n(CCC(=O)N2CCN(c3ccccc3)CC2)n1. The van der Waals surface area contributed by atoms with Crippen LogP contribution in [0.4, 0.5) is 11.4 Å². The predicted molar refractivity (Wildman–Crippen MR) is 135 cm³/mol. The number of amides is 2. The third-order valence-corrected chi connectivity index (χ3v) is 6.80. The fraction of sp³-hybridized carbons (Fsp3) is 0.333. The Balaban J connectivity index is 1.22. The third-order valence-electron chi connectivity index (χ3n) is 6.80. The van der Waals surface area contributed by atoms with Gasteiger partial charge in [0.15, 0.2) is 0 Å². The van der Waals surface area contributed by atoms with Crippen LogP contribution in [0.25, 0.3) is 0 Å². The molecule has 8 nitrogen and oxygen atoms in total. The Bertz CT molecular complexity index is 1280. The first-order valence-corrected chi connectivity index (χ1v) is 12.1. The summed E-state index contributed by atoms with van der Waals surface area (Å²) in [4.78, 5) is 44.4. The van der Waals surface area contributed by atoms with Crippen LogP contribution < -0.4 is 15.4 Å². The maximum atomic E-state index is 13.3. The standard InChI is InChI=1S/C27H29N5O3/c1-20-19-21-7-5-6-10-24(21)32(20)27(35)23-11-12-26(34)31(28-23)14-13-25(33)30-17-15-29(16-18-30)22-8-3-2-4-9-22/h2-12,20H,13-19H2,1H3. The summed E-state index contributed by atoms with van der Waals surface area (Å²) < 4.78 is 1.23. The normalized spacial score (nSPS) is 17.4. The molecule has 1 saturated heterocycles. The number of rotatable bonds is 5. The van der Waals surface area contributed by atoms with E-state index < -0.39 is 0 Å². The number of anilines is 2. The molecule has 180 valence electrons. The van der Waals surface area contributed by atoms with Gasteiger partial charge in [-0.25, -0.2) is 4.68 Å². The van der Waals surface area contributed by atoms with Gasteiger partial charge >= 0.3 is 0 Å². The predicted octanol–water partition coefficient (Wildman–Crippen LogP) is 2.57. The Morgan fingerprint density at radius 3 is 2.40 bits per heavy atom. The molecule has 0 aliphatic carbocycles. The number of fused-ring (bicyclic) bond motifs is 1. The molecule has 0 bridgehead atoms. The largest absolute Gasteiger partial charge is 0.368 e. The van der Waals surface area contributed by atoms with Gasteiger partial charge in [0.1, 0.15) is 5.69 Å². The second-order valence-electron chi connectivity index (χ2n) is 9.09. The molecular weight excluding hydrogens is 442 g/mol. The van der Waals surface area contributed by atoms with E-state index in [1.165, 1.54) is 16.8 Å². The van der Waals surface area contributed by atoms with Gasteiger partial charge in [0.25, 0.3) is 11.5 Å². The fourth-order valence-electron chi connectivity index (χ4n) is 4.93. The third kappa shape index (κ3) is 4.69. The number of carbonyl (C=O) groups is 2. The molecule has 1 aromatic heterocycles. The number of carbonyl (C=O) groups excluding carboxylic acids is 2. The number of piperazine rings is 1. The van der Waals surface area contributed by atoms with Gasteiger partial charge < -0.3 is 14.7 Å². The lowest BCUT2D eigenvalue weighted by Gasteiger charge is -2.36. The molecular formula is C27H29N5O3. The van der Waals surface area contributed by atoms with Gasteiger partial charge in [-0.15, -0.1) is 0 Å². The van der Waals surface area contributed by atoms with Crippen LogP contribution in [0, 0.1) is 0 Å². The zero-order valence-corrected chi connectivity index (χ0v) is 19.8. The number of para-hydroxylation sites is 2. The highest BCUT2D eigenvalue weighted by Crippen LogP contribution is 2.32. The van der Waals surface area contributed by atoms with Crippen LogP contribution >= 0.6 is 0 Å². The van der Waals surface area contributed by atoms with Crippen LogP contribution in [-0.4, -0.2) is 58.7 Å². The van der Waals surface area contributed by atoms with Crippen molar-refractivity contribution in [1.29, 1.82) is 0 Å². The molecule has 35 heavy (non-hydrogen) atoms. The first-order chi connectivity index (χ1) is 17.0. The topological polar surface area (TPSA) is 78.8 Å². The van der Waals surface area contributed by atoms with E-state index in [1.807, 2.05) is 54.3 Å². The number of nitrogens with zero attached hydrogens (tertiary/aromatic N) is 5. The van der Waals surface area contributed by atoms with E-state index in [-0.39, 0.29) is 42.1 Å². The molecule has 1 unspecified atom stereocenters. The van der Waals surface area contributed by atoms with Crippen molar-refractivity contribution >= 4 is 23.2 Å². The molecule has 0 radical (unpaired) electrons. The van der Waals surface area contributed by atoms with Crippen LogP contribution in [0.3, 0.4) is 0 Å². The highest BCUT2D eigenvalue weighted by molar-refractivity contribution is 6.06. The lowest BCUT2D eigenvalue weighted by Crippen LogP contribution is -2.49. The molecule has 2 aliphatic heterocycles. The monoisotopic (exact) mass is 471 g/mol. The Morgan fingerprint density at radius 2 is 1.63 bits per heavy atom. The van der Waals surface area contributed by atoms with Crippen molar-refractivity contribution in [2.75, 3.05) is 36.0 Å². The molecule has 1 atom stereocenters. The number of hydrogen-bond donors (Lipinski definition) is 0. The fourth-order valence-corrected chi connectivity index (χ4v) is 4.93. The van der Waals surface area contributed by atoms with Crippen molar-refractivity contribution in [2.45, 2.75) is 32.4 Å². The first kappa shape index (κ1) is 22.8. The van der Waals surface area contributed by atoms with Crippen molar-refractivity contribution in [2.24, 2.45) is 0 Å². The quantitative estimate of drug-likeness (QED) is 0.572. The molecule has 5 rings (SSSR count). The molecule has 0 saturated carbocycles. The number of hydrogen-bond acceptors (Lipinski definition) is 5. The Morgan fingerprint density at radius 1 is 0.914 bits per heavy atom. The van der Waals surface area contributed by atoms with Crippen LogP contribution in [0.5, 0.6) is 0 Å².